The van der Waals surface area contributed by atoms with E-state index in [-0.39, 0.29) is 30.7 Å². The molecule has 0 unspecified atom stereocenters. The van der Waals surface area contributed by atoms with Gasteiger partial charge in [-0.3, -0.25) is 9.59 Å². The molecule has 0 spiro atoms. The van der Waals surface area contributed by atoms with Crippen LogP contribution in [-0.2, 0) is 27.4 Å². The van der Waals surface area contributed by atoms with E-state index in [2.05, 4.69) is 15.3 Å². The number of carbonyl (C=O) groups is 2. The Balaban J connectivity index is 1.21. The molecule has 0 aliphatic carbocycles. The highest BCUT2D eigenvalue weighted by Gasteiger charge is 2.12. The molecule has 4 rings (SSSR count). The third-order valence-corrected chi connectivity index (χ3v) is 5.91. The Kier molecular flexibility index (Phi) is 6.63. The van der Waals surface area contributed by atoms with Gasteiger partial charge in [-0.05, 0) is 31.2 Å². The Hall–Kier alpha value is -3.17. The molecule has 1 amide bonds. The first kappa shape index (κ1) is 21.1. The number of hydrogen-bond acceptors (Lipinski definition) is 8. The summed E-state index contributed by atoms with van der Waals surface area (Å²) >= 11 is 2.54. The van der Waals surface area contributed by atoms with Gasteiger partial charge in [-0.25, -0.2) is 9.97 Å². The van der Waals surface area contributed by atoms with Gasteiger partial charge in [-0.1, -0.05) is 41.6 Å². The van der Waals surface area contributed by atoms with E-state index in [1.54, 1.807) is 5.38 Å². The maximum Gasteiger partial charge on any atom is 0.316 e. The predicted octanol–water partition coefficient (Wildman–Crippen LogP) is 4.61. The molecule has 0 saturated heterocycles. The summed E-state index contributed by atoms with van der Waals surface area (Å²) in [7, 11) is 0. The van der Waals surface area contributed by atoms with Gasteiger partial charge in [0.1, 0.15) is 22.9 Å². The topological polar surface area (TPSA) is 94.3 Å². The van der Waals surface area contributed by atoms with Gasteiger partial charge in [0.25, 0.3) is 5.22 Å². The molecule has 31 heavy (non-hydrogen) atoms. The molecule has 9 heteroatoms. The standard InChI is InChI=1S/C22H19N3O4S2/c1-14-6-8-15(9-7-14)23-19(26)10-20-24-16(12-30-20)11-28-21(27)13-31-22-25-17-4-2-3-5-18(17)29-22/h2-9,12H,10-11,13H2,1H3,(H,23,26). The lowest BCUT2D eigenvalue weighted by Crippen LogP contribution is -2.14. The molecule has 0 saturated carbocycles. The van der Waals surface area contributed by atoms with Crippen LogP contribution < -0.4 is 5.32 Å². The summed E-state index contributed by atoms with van der Waals surface area (Å²) in [4.78, 5) is 32.9. The molecule has 0 fully saturated rings. The molecule has 4 aromatic rings. The third kappa shape index (κ3) is 5.93. The average Bonchev–Trinajstić information content (AvgIpc) is 3.38. The summed E-state index contributed by atoms with van der Waals surface area (Å²) in [5, 5.41) is 5.72. The number of thiazole rings is 1. The van der Waals surface area contributed by atoms with Gasteiger partial charge in [0.2, 0.25) is 5.91 Å². The van der Waals surface area contributed by atoms with E-state index in [0.29, 0.717) is 21.5 Å². The van der Waals surface area contributed by atoms with Gasteiger partial charge in [0, 0.05) is 11.1 Å². The number of esters is 1. The number of ether oxygens (including phenoxy) is 1. The Morgan fingerprint density at radius 3 is 2.74 bits per heavy atom. The minimum Gasteiger partial charge on any atom is -0.459 e. The van der Waals surface area contributed by atoms with Crippen LogP contribution >= 0.6 is 23.1 Å². The first-order chi connectivity index (χ1) is 15.0. The van der Waals surface area contributed by atoms with Crippen molar-refractivity contribution in [1.29, 1.82) is 0 Å². The second-order valence-electron chi connectivity index (χ2n) is 6.72. The molecule has 0 aliphatic rings. The van der Waals surface area contributed by atoms with E-state index in [9.17, 15) is 9.59 Å². The molecular weight excluding hydrogens is 434 g/mol. The number of thioether (sulfide) groups is 1. The fraction of sp³-hybridized carbons (Fsp3) is 0.182. The van der Waals surface area contributed by atoms with Gasteiger partial charge < -0.3 is 14.5 Å². The van der Waals surface area contributed by atoms with Gasteiger partial charge in [0.05, 0.1) is 12.1 Å². The Bertz CT molecular complexity index is 1170. The minimum atomic E-state index is -0.390. The number of oxazole rings is 1. The van der Waals surface area contributed by atoms with Crippen molar-refractivity contribution in [2.45, 2.75) is 25.2 Å². The number of anilines is 1. The lowest BCUT2D eigenvalue weighted by atomic mass is 10.2. The van der Waals surface area contributed by atoms with Crippen LogP contribution in [0.2, 0.25) is 0 Å². The summed E-state index contributed by atoms with van der Waals surface area (Å²) in [6.45, 7) is 2.05. The minimum absolute atomic E-state index is 0.0586. The normalized spacial score (nSPS) is 10.9. The molecule has 0 aliphatic heterocycles. The van der Waals surface area contributed by atoms with Crippen molar-refractivity contribution in [2.24, 2.45) is 0 Å². The zero-order valence-electron chi connectivity index (χ0n) is 16.7. The number of rotatable bonds is 8. The summed E-state index contributed by atoms with van der Waals surface area (Å²) in [5.41, 5.74) is 3.92. The molecule has 0 bridgehead atoms. The Morgan fingerprint density at radius 1 is 1.13 bits per heavy atom. The zero-order valence-corrected chi connectivity index (χ0v) is 18.3. The van der Waals surface area contributed by atoms with Gasteiger partial charge in [-0.15, -0.1) is 11.3 Å². The highest BCUT2D eigenvalue weighted by Crippen LogP contribution is 2.23. The van der Waals surface area contributed by atoms with Crippen molar-refractivity contribution in [3.8, 4) is 0 Å². The zero-order chi connectivity index (χ0) is 21.6. The lowest BCUT2D eigenvalue weighted by Gasteiger charge is -2.04. The highest BCUT2D eigenvalue weighted by molar-refractivity contribution is 7.99. The number of para-hydroxylation sites is 2. The van der Waals surface area contributed by atoms with Crippen molar-refractivity contribution >= 4 is 51.8 Å². The molecule has 7 nitrogen and oxygen atoms in total. The van der Waals surface area contributed by atoms with Crippen LogP contribution in [-0.4, -0.2) is 27.6 Å². The summed E-state index contributed by atoms with van der Waals surface area (Å²) in [5.74, 6) is -0.446. The smallest absolute Gasteiger partial charge is 0.316 e. The quantitative estimate of drug-likeness (QED) is 0.307. The first-order valence-corrected chi connectivity index (χ1v) is 11.4. The van der Waals surface area contributed by atoms with Crippen LogP contribution in [0.4, 0.5) is 5.69 Å². The van der Waals surface area contributed by atoms with Crippen LogP contribution in [0.25, 0.3) is 11.1 Å². The number of aryl methyl sites for hydroxylation is 1. The molecular formula is C22H19N3O4S2. The number of benzene rings is 2. The third-order valence-electron chi connectivity index (χ3n) is 4.22. The second-order valence-corrected chi connectivity index (χ2v) is 8.59. The van der Waals surface area contributed by atoms with Gasteiger partial charge in [-0.2, -0.15) is 0 Å². The maximum absolute atomic E-state index is 12.2. The number of amides is 1. The van der Waals surface area contributed by atoms with Gasteiger partial charge >= 0.3 is 5.97 Å². The molecule has 158 valence electrons. The molecule has 0 radical (unpaired) electrons. The average molecular weight is 454 g/mol. The van der Waals surface area contributed by atoms with E-state index in [0.717, 1.165) is 16.8 Å². The van der Waals surface area contributed by atoms with E-state index < -0.39 is 0 Å². The summed E-state index contributed by atoms with van der Waals surface area (Å²) in [6.07, 6.45) is 0.167. The summed E-state index contributed by atoms with van der Waals surface area (Å²) < 4.78 is 10.8. The van der Waals surface area contributed by atoms with E-state index in [1.165, 1.54) is 23.1 Å². The number of fused-ring (bicyclic) bond motifs is 1. The van der Waals surface area contributed by atoms with Crippen LogP contribution in [0.15, 0.2) is 63.6 Å². The van der Waals surface area contributed by atoms with Crippen LogP contribution in [0.5, 0.6) is 0 Å². The van der Waals surface area contributed by atoms with E-state index in [1.807, 2.05) is 55.5 Å². The van der Waals surface area contributed by atoms with Crippen LogP contribution in [0, 0.1) is 6.92 Å². The second kappa shape index (κ2) is 9.76. The Morgan fingerprint density at radius 2 is 1.94 bits per heavy atom. The Labute approximate surface area is 186 Å². The van der Waals surface area contributed by atoms with Crippen molar-refractivity contribution in [3.05, 3.63) is 70.2 Å². The lowest BCUT2D eigenvalue weighted by molar-refractivity contribution is -0.141. The molecule has 1 N–H and O–H groups in total. The van der Waals surface area contributed by atoms with Crippen molar-refractivity contribution in [1.82, 2.24) is 9.97 Å². The highest BCUT2D eigenvalue weighted by atomic mass is 32.2. The number of nitrogens with zero attached hydrogens (tertiary/aromatic N) is 2. The monoisotopic (exact) mass is 453 g/mol. The molecule has 2 aromatic carbocycles. The summed E-state index contributed by atoms with van der Waals surface area (Å²) in [6, 6.07) is 15.0. The van der Waals surface area contributed by atoms with E-state index in [4.69, 9.17) is 9.15 Å². The van der Waals surface area contributed by atoms with Crippen molar-refractivity contribution < 1.29 is 18.7 Å². The van der Waals surface area contributed by atoms with Crippen LogP contribution in [0.1, 0.15) is 16.3 Å². The first-order valence-electron chi connectivity index (χ1n) is 9.49. The fourth-order valence-electron chi connectivity index (χ4n) is 2.71. The van der Waals surface area contributed by atoms with Crippen molar-refractivity contribution in [2.75, 3.05) is 11.1 Å². The maximum atomic E-state index is 12.2. The number of carbonyl (C=O) groups excluding carboxylic acids is 2. The fourth-order valence-corrected chi connectivity index (χ4v) is 4.12. The number of nitrogens with one attached hydrogen (secondary N) is 1. The molecule has 0 atom stereocenters. The SMILES string of the molecule is Cc1ccc(NC(=O)Cc2nc(COC(=O)CSc3nc4ccccc4o3)cs2)cc1. The van der Waals surface area contributed by atoms with Crippen LogP contribution in [0.3, 0.4) is 0 Å². The van der Waals surface area contributed by atoms with Crippen molar-refractivity contribution in [3.63, 3.8) is 0 Å². The van der Waals surface area contributed by atoms with E-state index >= 15 is 0 Å². The number of hydrogen-bond donors (Lipinski definition) is 1. The number of aromatic nitrogens is 2. The predicted molar refractivity (Wildman–Crippen MR) is 120 cm³/mol. The molecule has 2 aromatic heterocycles. The van der Waals surface area contributed by atoms with Gasteiger partial charge in [0.15, 0.2) is 5.58 Å². The molecule has 2 heterocycles. The largest absolute Gasteiger partial charge is 0.459 e.